The van der Waals surface area contributed by atoms with E-state index in [0.29, 0.717) is 32.6 Å². The fraction of sp³-hybridized carbons (Fsp3) is 0.308. The SMILES string of the molecule is COCC(=O)N1CCN(c2nc(Cc3ccccc3)nc3c2c(C)nn3-c2ccccc2)CC1. The molecule has 34 heavy (non-hydrogen) atoms. The van der Waals surface area contributed by atoms with Gasteiger partial charge in [-0.25, -0.2) is 14.6 Å². The van der Waals surface area contributed by atoms with Crippen LogP contribution in [0.4, 0.5) is 5.82 Å². The lowest BCUT2D eigenvalue weighted by Gasteiger charge is -2.35. The molecule has 0 atom stereocenters. The Morgan fingerprint density at radius 2 is 1.62 bits per heavy atom. The number of rotatable bonds is 6. The number of methoxy groups -OCH3 is 1. The molecule has 0 radical (unpaired) electrons. The molecule has 0 bridgehead atoms. The second-order valence-corrected chi connectivity index (χ2v) is 8.46. The Labute approximate surface area is 198 Å². The van der Waals surface area contributed by atoms with E-state index in [9.17, 15) is 4.79 Å². The predicted octanol–water partition coefficient (Wildman–Crippen LogP) is 3.01. The van der Waals surface area contributed by atoms with Crippen molar-refractivity contribution in [1.82, 2.24) is 24.6 Å². The number of carbonyl (C=O) groups is 1. The van der Waals surface area contributed by atoms with Crippen LogP contribution in [0.5, 0.6) is 0 Å². The third kappa shape index (κ3) is 4.36. The molecule has 4 aromatic rings. The van der Waals surface area contributed by atoms with Crippen LogP contribution >= 0.6 is 0 Å². The third-order valence-electron chi connectivity index (χ3n) is 6.14. The van der Waals surface area contributed by atoms with Crippen molar-refractivity contribution in [2.75, 3.05) is 44.8 Å². The normalized spacial score (nSPS) is 14.1. The number of fused-ring (bicyclic) bond motifs is 1. The highest BCUT2D eigenvalue weighted by Gasteiger charge is 2.26. The van der Waals surface area contributed by atoms with Crippen molar-refractivity contribution in [3.63, 3.8) is 0 Å². The summed E-state index contributed by atoms with van der Waals surface area (Å²) in [5, 5.41) is 5.79. The van der Waals surface area contributed by atoms with Gasteiger partial charge >= 0.3 is 0 Å². The molecule has 1 aliphatic heterocycles. The van der Waals surface area contributed by atoms with Crippen molar-refractivity contribution in [3.05, 3.63) is 77.7 Å². The zero-order valence-corrected chi connectivity index (χ0v) is 19.5. The van der Waals surface area contributed by atoms with Gasteiger partial charge in [0.05, 0.1) is 16.8 Å². The van der Waals surface area contributed by atoms with E-state index in [4.69, 9.17) is 19.8 Å². The van der Waals surface area contributed by atoms with Crippen LogP contribution < -0.4 is 4.90 Å². The maximum atomic E-state index is 12.3. The molecule has 1 aliphatic rings. The van der Waals surface area contributed by atoms with Gasteiger partial charge in [0.25, 0.3) is 0 Å². The van der Waals surface area contributed by atoms with Gasteiger partial charge in [-0.05, 0) is 24.6 Å². The number of hydrogen-bond acceptors (Lipinski definition) is 6. The summed E-state index contributed by atoms with van der Waals surface area (Å²) in [6.45, 7) is 4.78. The molecule has 1 amide bonds. The fourth-order valence-corrected chi connectivity index (χ4v) is 4.42. The summed E-state index contributed by atoms with van der Waals surface area (Å²) in [5.41, 5.74) is 3.81. The number of anilines is 1. The van der Waals surface area contributed by atoms with Crippen molar-refractivity contribution in [1.29, 1.82) is 0 Å². The Bertz CT molecular complexity index is 1280. The van der Waals surface area contributed by atoms with Crippen molar-refractivity contribution < 1.29 is 9.53 Å². The molecule has 2 aromatic carbocycles. The lowest BCUT2D eigenvalue weighted by Crippen LogP contribution is -2.50. The molecule has 8 heteroatoms. The molecule has 1 fully saturated rings. The van der Waals surface area contributed by atoms with Gasteiger partial charge in [0, 0.05) is 39.7 Å². The molecule has 5 rings (SSSR count). The van der Waals surface area contributed by atoms with Crippen molar-refractivity contribution >= 4 is 22.8 Å². The van der Waals surface area contributed by atoms with Gasteiger partial charge in [-0.15, -0.1) is 0 Å². The highest BCUT2D eigenvalue weighted by atomic mass is 16.5. The summed E-state index contributed by atoms with van der Waals surface area (Å²) in [4.78, 5) is 26.4. The van der Waals surface area contributed by atoms with E-state index in [2.05, 4.69) is 17.0 Å². The van der Waals surface area contributed by atoms with Gasteiger partial charge < -0.3 is 14.5 Å². The van der Waals surface area contributed by atoms with Gasteiger partial charge in [0.1, 0.15) is 18.2 Å². The molecule has 8 nitrogen and oxygen atoms in total. The van der Waals surface area contributed by atoms with Gasteiger partial charge in [0.15, 0.2) is 5.65 Å². The van der Waals surface area contributed by atoms with Gasteiger partial charge in [-0.3, -0.25) is 4.79 Å². The number of amides is 1. The Balaban J connectivity index is 1.56. The number of para-hydroxylation sites is 1. The lowest BCUT2D eigenvalue weighted by molar-refractivity contribution is -0.135. The standard InChI is InChI=1S/C26H28N6O2/c1-19-24-25(31-15-13-30(14-16-31)23(33)18-34-2)27-22(17-20-9-5-3-6-10-20)28-26(24)32(29-19)21-11-7-4-8-12-21/h3-12H,13-18H2,1-2H3. The Morgan fingerprint density at radius 3 is 2.29 bits per heavy atom. The molecular formula is C26H28N6O2. The van der Waals surface area contributed by atoms with Crippen LogP contribution in [-0.4, -0.2) is 70.5 Å². The quantitative estimate of drug-likeness (QED) is 0.444. The van der Waals surface area contributed by atoms with Crippen LogP contribution in [0.1, 0.15) is 17.1 Å². The summed E-state index contributed by atoms with van der Waals surface area (Å²) in [6.07, 6.45) is 0.634. The zero-order valence-electron chi connectivity index (χ0n) is 19.5. The molecule has 174 valence electrons. The number of benzene rings is 2. The first-order valence-electron chi connectivity index (χ1n) is 11.5. The zero-order chi connectivity index (χ0) is 23.5. The molecule has 0 N–H and O–H groups in total. The number of nitrogens with zero attached hydrogens (tertiary/aromatic N) is 6. The Morgan fingerprint density at radius 1 is 0.941 bits per heavy atom. The van der Waals surface area contributed by atoms with Crippen molar-refractivity contribution in [2.24, 2.45) is 0 Å². The number of aryl methyl sites for hydroxylation is 1. The molecule has 3 heterocycles. The minimum atomic E-state index is 0.0211. The van der Waals surface area contributed by atoms with Gasteiger partial charge in [-0.2, -0.15) is 5.10 Å². The molecule has 0 saturated carbocycles. The first-order valence-corrected chi connectivity index (χ1v) is 11.5. The molecule has 0 aliphatic carbocycles. The number of ether oxygens (including phenoxy) is 1. The van der Waals surface area contributed by atoms with Crippen LogP contribution in [0.3, 0.4) is 0 Å². The van der Waals surface area contributed by atoms with E-state index in [1.165, 1.54) is 0 Å². The van der Waals surface area contributed by atoms with Crippen LogP contribution in [0, 0.1) is 6.92 Å². The van der Waals surface area contributed by atoms with Crippen molar-refractivity contribution in [2.45, 2.75) is 13.3 Å². The summed E-state index contributed by atoms with van der Waals surface area (Å²) < 4.78 is 6.93. The number of aromatic nitrogens is 4. The maximum absolute atomic E-state index is 12.3. The molecule has 0 spiro atoms. The third-order valence-corrected chi connectivity index (χ3v) is 6.14. The van der Waals surface area contributed by atoms with Crippen LogP contribution in [0.15, 0.2) is 60.7 Å². The van der Waals surface area contributed by atoms with Gasteiger partial charge in [-0.1, -0.05) is 48.5 Å². The highest BCUT2D eigenvalue weighted by molar-refractivity contribution is 5.91. The first kappa shape index (κ1) is 22.0. The maximum Gasteiger partial charge on any atom is 0.248 e. The lowest BCUT2D eigenvalue weighted by atomic mass is 10.1. The van der Waals surface area contributed by atoms with E-state index in [0.717, 1.165) is 39.6 Å². The first-order chi connectivity index (χ1) is 16.6. The van der Waals surface area contributed by atoms with Crippen LogP contribution in [-0.2, 0) is 16.0 Å². The second kappa shape index (κ2) is 9.61. The largest absolute Gasteiger partial charge is 0.375 e. The van der Waals surface area contributed by atoms with Crippen molar-refractivity contribution in [3.8, 4) is 5.69 Å². The molecule has 2 aromatic heterocycles. The van der Waals surface area contributed by atoms with E-state index in [1.807, 2.05) is 65.0 Å². The average Bonchev–Trinajstić information content (AvgIpc) is 3.21. The van der Waals surface area contributed by atoms with Crippen LogP contribution in [0.2, 0.25) is 0 Å². The van der Waals surface area contributed by atoms with E-state index in [-0.39, 0.29) is 12.5 Å². The number of piperazine rings is 1. The summed E-state index contributed by atoms with van der Waals surface area (Å²) in [7, 11) is 1.55. The second-order valence-electron chi connectivity index (χ2n) is 8.46. The monoisotopic (exact) mass is 456 g/mol. The number of carbonyl (C=O) groups excluding carboxylic acids is 1. The molecular weight excluding hydrogens is 428 g/mol. The Kier molecular flexibility index (Phi) is 6.22. The van der Waals surface area contributed by atoms with E-state index >= 15 is 0 Å². The minimum absolute atomic E-state index is 0.0211. The smallest absolute Gasteiger partial charge is 0.248 e. The summed E-state index contributed by atoms with van der Waals surface area (Å²) in [5.74, 6) is 1.66. The predicted molar refractivity (Wildman–Crippen MR) is 131 cm³/mol. The summed E-state index contributed by atoms with van der Waals surface area (Å²) in [6, 6.07) is 20.3. The topological polar surface area (TPSA) is 76.4 Å². The minimum Gasteiger partial charge on any atom is -0.375 e. The molecule has 0 unspecified atom stereocenters. The van der Waals surface area contributed by atoms with E-state index < -0.39 is 0 Å². The molecule has 1 saturated heterocycles. The number of hydrogen-bond donors (Lipinski definition) is 0. The van der Waals surface area contributed by atoms with E-state index in [1.54, 1.807) is 7.11 Å². The average molecular weight is 457 g/mol. The van der Waals surface area contributed by atoms with Gasteiger partial charge in [0.2, 0.25) is 5.91 Å². The summed E-state index contributed by atoms with van der Waals surface area (Å²) >= 11 is 0. The Hall–Kier alpha value is -3.78. The highest BCUT2D eigenvalue weighted by Crippen LogP contribution is 2.30. The van der Waals surface area contributed by atoms with Crippen LogP contribution in [0.25, 0.3) is 16.7 Å². The fourth-order valence-electron chi connectivity index (χ4n) is 4.42.